The Kier molecular flexibility index (Phi) is 7.81. The van der Waals surface area contributed by atoms with Gasteiger partial charge in [-0.3, -0.25) is 14.5 Å². The molecule has 9 nitrogen and oxygen atoms in total. The Morgan fingerprint density at radius 2 is 1.47 bits per heavy atom. The van der Waals surface area contributed by atoms with E-state index in [1.54, 1.807) is 47.6 Å². The number of fused-ring (bicyclic) bond motifs is 1. The molecule has 1 aliphatic rings. The lowest BCUT2D eigenvalue weighted by molar-refractivity contribution is 0.0997. The highest BCUT2D eigenvalue weighted by Crippen LogP contribution is 2.32. The van der Waals surface area contributed by atoms with Crippen LogP contribution in [0.4, 0.5) is 28.4 Å². The molecular weight excluding hydrogens is 540 g/mol. The number of imidazole rings is 1. The van der Waals surface area contributed by atoms with Crippen LogP contribution in [0.15, 0.2) is 97.3 Å². The zero-order chi connectivity index (χ0) is 29.9. The number of aliphatic hydroxyl groups excluding tert-OH is 1. The van der Waals surface area contributed by atoms with Crippen molar-refractivity contribution in [3.63, 3.8) is 0 Å². The van der Waals surface area contributed by atoms with Crippen molar-refractivity contribution in [3.8, 4) is 0 Å². The van der Waals surface area contributed by atoms with Crippen LogP contribution in [0.2, 0.25) is 0 Å². The smallest absolute Gasteiger partial charge is 0.262 e. The molecular formula is C34H34N6O3. The van der Waals surface area contributed by atoms with Gasteiger partial charge in [0, 0.05) is 61.1 Å². The molecule has 1 aliphatic heterocycles. The summed E-state index contributed by atoms with van der Waals surface area (Å²) in [5.41, 5.74) is 6.75. The maximum Gasteiger partial charge on any atom is 0.262 e. The number of aliphatic hydroxyl groups is 1. The second kappa shape index (κ2) is 12.0. The van der Waals surface area contributed by atoms with Crippen molar-refractivity contribution in [2.45, 2.75) is 18.9 Å². The first-order valence-electron chi connectivity index (χ1n) is 14.4. The number of hydrogen-bond donors (Lipinski definition) is 3. The number of carbonyl (C=O) groups excluding carboxylic acids is 2. The molecule has 0 aliphatic carbocycles. The number of H-pyrrole nitrogens is 1. The standard InChI is InChI=1S/C34H34N6O3/c1-38(2)26-9-5-23(6-10-26)33(42)37-25-7-3-24(4-8-25)34(43)40(29-15-16-31-32(21-29)36-22-35-31)28-13-11-27(12-14-28)39-19-17-30(41)18-20-39/h3-16,21-22,30,41H,17-20H2,1-2H3,(H,35,36)(H,37,42). The Labute approximate surface area is 250 Å². The third-order valence-corrected chi connectivity index (χ3v) is 7.84. The first-order chi connectivity index (χ1) is 20.9. The van der Waals surface area contributed by atoms with Crippen LogP contribution in [0.5, 0.6) is 0 Å². The van der Waals surface area contributed by atoms with E-state index in [0.29, 0.717) is 22.5 Å². The summed E-state index contributed by atoms with van der Waals surface area (Å²) < 4.78 is 0. The number of benzene rings is 4. The quantitative estimate of drug-likeness (QED) is 0.226. The molecule has 1 aromatic heterocycles. The second-order valence-corrected chi connectivity index (χ2v) is 11.0. The van der Waals surface area contributed by atoms with Gasteiger partial charge in [0.05, 0.1) is 29.2 Å². The molecule has 0 bridgehead atoms. The Morgan fingerprint density at radius 1 is 0.837 bits per heavy atom. The number of hydrogen-bond acceptors (Lipinski definition) is 6. The molecule has 3 N–H and O–H groups in total. The van der Waals surface area contributed by atoms with Gasteiger partial charge in [-0.25, -0.2) is 4.98 Å². The molecule has 0 radical (unpaired) electrons. The van der Waals surface area contributed by atoms with Crippen LogP contribution in [-0.4, -0.2) is 60.2 Å². The Balaban J connectivity index is 1.24. The highest BCUT2D eigenvalue weighted by Gasteiger charge is 2.22. The van der Waals surface area contributed by atoms with E-state index in [9.17, 15) is 14.7 Å². The Morgan fingerprint density at radius 3 is 2.14 bits per heavy atom. The van der Waals surface area contributed by atoms with Crippen LogP contribution >= 0.6 is 0 Å². The maximum atomic E-state index is 14.1. The van der Waals surface area contributed by atoms with Crippen LogP contribution in [0.25, 0.3) is 11.0 Å². The lowest BCUT2D eigenvalue weighted by Gasteiger charge is -2.32. The molecule has 43 heavy (non-hydrogen) atoms. The summed E-state index contributed by atoms with van der Waals surface area (Å²) >= 11 is 0. The molecule has 5 aromatic rings. The average molecular weight is 575 g/mol. The van der Waals surface area contributed by atoms with Gasteiger partial charge in [-0.2, -0.15) is 0 Å². The molecule has 0 spiro atoms. The fraction of sp³-hybridized carbons (Fsp3) is 0.206. The van der Waals surface area contributed by atoms with Gasteiger partial charge >= 0.3 is 0 Å². The molecule has 2 amide bonds. The molecule has 0 saturated carbocycles. The largest absolute Gasteiger partial charge is 0.393 e. The fourth-order valence-corrected chi connectivity index (χ4v) is 5.32. The number of aromatic nitrogens is 2. The van der Waals surface area contributed by atoms with Crippen LogP contribution in [0.3, 0.4) is 0 Å². The van der Waals surface area contributed by atoms with Crippen LogP contribution in [0.1, 0.15) is 33.6 Å². The molecule has 1 fully saturated rings. The topological polar surface area (TPSA) is 105 Å². The third-order valence-electron chi connectivity index (χ3n) is 7.84. The highest BCUT2D eigenvalue weighted by molar-refractivity contribution is 6.12. The zero-order valence-corrected chi connectivity index (χ0v) is 24.2. The molecule has 9 heteroatoms. The van der Waals surface area contributed by atoms with Crippen molar-refractivity contribution >= 4 is 51.3 Å². The molecule has 4 aromatic carbocycles. The summed E-state index contributed by atoms with van der Waals surface area (Å²) in [6.45, 7) is 1.59. The van der Waals surface area contributed by atoms with E-state index in [1.165, 1.54) is 0 Å². The Hall–Kier alpha value is -5.15. The van der Waals surface area contributed by atoms with Crippen molar-refractivity contribution in [1.29, 1.82) is 0 Å². The summed E-state index contributed by atoms with van der Waals surface area (Å²) in [6.07, 6.45) is 2.88. The zero-order valence-electron chi connectivity index (χ0n) is 24.2. The molecule has 1 saturated heterocycles. The molecule has 0 unspecified atom stereocenters. The number of carbonyl (C=O) groups is 2. The lowest BCUT2D eigenvalue weighted by Crippen LogP contribution is -2.35. The number of nitrogens with zero attached hydrogens (tertiary/aromatic N) is 4. The van der Waals surface area contributed by atoms with E-state index in [1.807, 2.05) is 73.6 Å². The third kappa shape index (κ3) is 6.07. The minimum Gasteiger partial charge on any atom is -0.393 e. The van der Waals surface area contributed by atoms with Crippen molar-refractivity contribution in [3.05, 3.63) is 108 Å². The number of aromatic amines is 1. The van der Waals surface area contributed by atoms with Gasteiger partial charge in [0.25, 0.3) is 11.8 Å². The average Bonchev–Trinajstić information content (AvgIpc) is 3.50. The van der Waals surface area contributed by atoms with E-state index in [-0.39, 0.29) is 17.9 Å². The summed E-state index contributed by atoms with van der Waals surface area (Å²) in [4.78, 5) is 40.3. The second-order valence-electron chi connectivity index (χ2n) is 11.0. The number of rotatable bonds is 7. The molecule has 2 heterocycles. The summed E-state index contributed by atoms with van der Waals surface area (Å²) in [6, 6.07) is 27.9. The summed E-state index contributed by atoms with van der Waals surface area (Å²) in [7, 11) is 3.90. The predicted octanol–water partition coefficient (Wildman–Crippen LogP) is 5.82. The minimum absolute atomic E-state index is 0.208. The maximum absolute atomic E-state index is 14.1. The monoisotopic (exact) mass is 574 g/mol. The van der Waals surface area contributed by atoms with Crippen molar-refractivity contribution in [2.24, 2.45) is 0 Å². The van der Waals surface area contributed by atoms with Gasteiger partial charge in [0.2, 0.25) is 0 Å². The van der Waals surface area contributed by atoms with E-state index < -0.39 is 0 Å². The van der Waals surface area contributed by atoms with Gasteiger partial charge in [-0.1, -0.05) is 0 Å². The number of amides is 2. The van der Waals surface area contributed by atoms with Gasteiger partial charge in [-0.05, 0) is 104 Å². The van der Waals surface area contributed by atoms with E-state index >= 15 is 0 Å². The van der Waals surface area contributed by atoms with Crippen LogP contribution in [0, 0.1) is 0 Å². The lowest BCUT2D eigenvalue weighted by atomic mass is 10.1. The molecule has 218 valence electrons. The molecule has 0 atom stereocenters. The van der Waals surface area contributed by atoms with Gasteiger partial charge in [-0.15, -0.1) is 0 Å². The first kappa shape index (κ1) is 28.0. The Bertz CT molecular complexity index is 1720. The van der Waals surface area contributed by atoms with Gasteiger partial charge in [0.15, 0.2) is 0 Å². The van der Waals surface area contributed by atoms with Gasteiger partial charge < -0.3 is 25.2 Å². The van der Waals surface area contributed by atoms with E-state index in [2.05, 4.69) is 20.2 Å². The van der Waals surface area contributed by atoms with Crippen LogP contribution < -0.4 is 20.0 Å². The molecule has 6 rings (SSSR count). The minimum atomic E-state index is -0.241. The number of nitrogens with one attached hydrogen (secondary N) is 2. The fourth-order valence-electron chi connectivity index (χ4n) is 5.32. The predicted molar refractivity (Wildman–Crippen MR) is 172 cm³/mol. The van der Waals surface area contributed by atoms with Crippen LogP contribution in [-0.2, 0) is 0 Å². The normalized spacial score (nSPS) is 13.6. The van der Waals surface area contributed by atoms with E-state index in [0.717, 1.165) is 54.0 Å². The summed E-state index contributed by atoms with van der Waals surface area (Å²) in [5.74, 6) is -0.428. The van der Waals surface area contributed by atoms with Crippen molar-refractivity contribution < 1.29 is 14.7 Å². The SMILES string of the molecule is CN(C)c1ccc(C(=O)Nc2ccc(C(=O)N(c3ccc(N4CCC(O)CC4)cc3)c3ccc4[nH]cnc4c3)cc2)cc1. The van der Waals surface area contributed by atoms with Crippen molar-refractivity contribution in [2.75, 3.05) is 47.2 Å². The van der Waals surface area contributed by atoms with Gasteiger partial charge in [0.1, 0.15) is 0 Å². The number of piperidine rings is 1. The number of anilines is 5. The van der Waals surface area contributed by atoms with Crippen molar-refractivity contribution in [1.82, 2.24) is 9.97 Å². The first-order valence-corrected chi connectivity index (χ1v) is 14.4. The summed E-state index contributed by atoms with van der Waals surface area (Å²) in [5, 5.41) is 12.8. The van der Waals surface area contributed by atoms with E-state index in [4.69, 9.17) is 0 Å². The highest BCUT2D eigenvalue weighted by atomic mass is 16.3.